The second-order valence-electron chi connectivity index (χ2n) is 7.16. The van der Waals surface area contributed by atoms with Crippen molar-refractivity contribution in [3.05, 3.63) is 29.3 Å². The predicted octanol–water partition coefficient (Wildman–Crippen LogP) is 3.95. The van der Waals surface area contributed by atoms with Crippen LogP contribution in [0.3, 0.4) is 0 Å². The van der Waals surface area contributed by atoms with E-state index >= 15 is 0 Å². The molecule has 5 nitrogen and oxygen atoms in total. The van der Waals surface area contributed by atoms with Gasteiger partial charge in [-0.15, -0.1) is 12.4 Å². The third-order valence-electron chi connectivity index (χ3n) is 4.46. The first-order valence-electron chi connectivity index (χ1n) is 9.13. The summed E-state index contributed by atoms with van der Waals surface area (Å²) in [7, 11) is 0. The summed E-state index contributed by atoms with van der Waals surface area (Å²) in [6.07, 6.45) is 2.81. The van der Waals surface area contributed by atoms with Gasteiger partial charge in [0.05, 0.1) is 0 Å². The average molecular weight is 384 g/mol. The molecule has 0 amide bonds. The van der Waals surface area contributed by atoms with Crippen molar-refractivity contribution >= 4 is 24.3 Å². The zero-order chi connectivity index (χ0) is 18.4. The van der Waals surface area contributed by atoms with Crippen LogP contribution in [0, 0.1) is 0 Å². The third-order valence-corrected chi connectivity index (χ3v) is 4.46. The van der Waals surface area contributed by atoms with Crippen molar-refractivity contribution < 1.29 is 19.1 Å². The molecule has 0 aromatic heterocycles. The number of piperidine rings is 1. The fourth-order valence-electron chi connectivity index (χ4n) is 3.03. The zero-order valence-electron chi connectivity index (χ0n) is 16.0. The van der Waals surface area contributed by atoms with E-state index in [4.69, 9.17) is 9.47 Å². The highest BCUT2D eigenvalue weighted by Gasteiger charge is 2.24. The Morgan fingerprint density at radius 2 is 1.73 bits per heavy atom. The molecule has 6 heteroatoms. The molecule has 1 aromatic carbocycles. The van der Waals surface area contributed by atoms with Crippen molar-refractivity contribution in [3.63, 3.8) is 0 Å². The van der Waals surface area contributed by atoms with E-state index in [1.54, 1.807) is 0 Å². The summed E-state index contributed by atoms with van der Waals surface area (Å²) in [5.41, 5.74) is 1.97. The minimum atomic E-state index is -0.542. The van der Waals surface area contributed by atoms with Crippen LogP contribution in [-0.2, 0) is 14.3 Å². The molecule has 1 saturated heterocycles. The summed E-state index contributed by atoms with van der Waals surface area (Å²) in [5.74, 6) is 0.146. The van der Waals surface area contributed by atoms with Gasteiger partial charge in [-0.05, 0) is 42.3 Å². The van der Waals surface area contributed by atoms with Crippen molar-refractivity contribution in [1.29, 1.82) is 0 Å². The summed E-state index contributed by atoms with van der Waals surface area (Å²) in [6, 6.07) is 5.61. The van der Waals surface area contributed by atoms with E-state index < -0.39 is 5.97 Å². The van der Waals surface area contributed by atoms with Gasteiger partial charge < -0.3 is 14.8 Å². The van der Waals surface area contributed by atoms with E-state index in [0.29, 0.717) is 5.75 Å². The minimum absolute atomic E-state index is 0. The van der Waals surface area contributed by atoms with E-state index in [-0.39, 0.29) is 42.9 Å². The predicted molar refractivity (Wildman–Crippen MR) is 104 cm³/mol. The summed E-state index contributed by atoms with van der Waals surface area (Å²) in [6.45, 7) is 8.69. The number of carbonyl (C=O) groups is 2. The van der Waals surface area contributed by atoms with Gasteiger partial charge in [-0.1, -0.05) is 52.3 Å². The highest BCUT2D eigenvalue weighted by Crippen LogP contribution is 2.34. The molecule has 0 spiro atoms. The lowest BCUT2D eigenvalue weighted by Gasteiger charge is -2.22. The molecule has 1 N–H and O–H groups in total. The minimum Gasteiger partial charge on any atom is -0.452 e. The number of benzene rings is 1. The van der Waals surface area contributed by atoms with Gasteiger partial charge in [0.25, 0.3) is 0 Å². The standard InChI is InChI=1S/C20H29NO4.ClH/c1-13(2)15-8-7-9-16(14(3)4)19(15)25-18(22)12-24-20(23)17-10-5-6-11-21-17;/h7-9,13-14,17,21H,5-6,10-12H2,1-4H3;1H. The Labute approximate surface area is 162 Å². The van der Waals surface area contributed by atoms with Crippen molar-refractivity contribution in [3.8, 4) is 5.75 Å². The fraction of sp³-hybridized carbons (Fsp3) is 0.600. The van der Waals surface area contributed by atoms with Crippen molar-refractivity contribution in [1.82, 2.24) is 5.32 Å². The molecule has 1 aliphatic rings. The molecular formula is C20H30ClNO4. The number of esters is 2. The second kappa shape index (κ2) is 10.5. The number of halogens is 1. The monoisotopic (exact) mass is 383 g/mol. The lowest BCUT2D eigenvalue weighted by molar-refractivity contribution is -0.155. The number of carbonyl (C=O) groups excluding carboxylic acids is 2. The summed E-state index contributed by atoms with van der Waals surface area (Å²) in [5, 5.41) is 3.11. The van der Waals surface area contributed by atoms with Crippen LogP contribution in [0.1, 0.15) is 69.9 Å². The number of hydrogen-bond acceptors (Lipinski definition) is 5. The number of nitrogens with one attached hydrogen (secondary N) is 1. The van der Waals surface area contributed by atoms with Gasteiger partial charge in [0.1, 0.15) is 11.8 Å². The van der Waals surface area contributed by atoms with Crippen LogP contribution in [0.4, 0.5) is 0 Å². The Kier molecular flexibility index (Phi) is 9.09. The van der Waals surface area contributed by atoms with Gasteiger partial charge in [-0.2, -0.15) is 0 Å². The molecular weight excluding hydrogens is 354 g/mol. The van der Waals surface area contributed by atoms with Crippen molar-refractivity contribution in [2.24, 2.45) is 0 Å². The number of hydrogen-bond donors (Lipinski definition) is 1. The van der Waals surface area contributed by atoms with Crippen LogP contribution in [0.5, 0.6) is 5.75 Å². The van der Waals surface area contributed by atoms with Crippen LogP contribution in [-0.4, -0.2) is 31.1 Å². The first kappa shape index (κ1) is 22.5. The van der Waals surface area contributed by atoms with Crippen LogP contribution in [0.2, 0.25) is 0 Å². The molecule has 0 saturated carbocycles. The number of rotatable bonds is 6. The second-order valence-corrected chi connectivity index (χ2v) is 7.16. The van der Waals surface area contributed by atoms with Gasteiger partial charge in [0, 0.05) is 0 Å². The third kappa shape index (κ3) is 5.99. The van der Waals surface area contributed by atoms with Crippen LogP contribution >= 0.6 is 12.4 Å². The molecule has 0 bridgehead atoms. The molecule has 1 atom stereocenters. The van der Waals surface area contributed by atoms with E-state index in [9.17, 15) is 9.59 Å². The smallest absolute Gasteiger partial charge is 0.349 e. The van der Waals surface area contributed by atoms with Gasteiger partial charge in [0.15, 0.2) is 6.61 Å². The highest BCUT2D eigenvalue weighted by atomic mass is 35.5. The maximum Gasteiger partial charge on any atom is 0.349 e. The van der Waals surface area contributed by atoms with E-state index in [0.717, 1.165) is 36.9 Å². The molecule has 2 rings (SSSR count). The normalized spacial score (nSPS) is 16.9. The van der Waals surface area contributed by atoms with Gasteiger partial charge in [-0.3, -0.25) is 4.79 Å². The van der Waals surface area contributed by atoms with Gasteiger partial charge >= 0.3 is 11.9 Å². The topological polar surface area (TPSA) is 64.6 Å². The van der Waals surface area contributed by atoms with Gasteiger partial charge in [-0.25, -0.2) is 4.79 Å². The molecule has 1 aliphatic heterocycles. The van der Waals surface area contributed by atoms with Crippen LogP contribution < -0.4 is 10.1 Å². The Bertz CT molecular complexity index is 584. The zero-order valence-corrected chi connectivity index (χ0v) is 16.9. The number of ether oxygens (including phenoxy) is 2. The highest BCUT2D eigenvalue weighted by molar-refractivity contribution is 5.85. The van der Waals surface area contributed by atoms with Gasteiger partial charge in [0.2, 0.25) is 0 Å². The Hall–Kier alpha value is -1.59. The maximum atomic E-state index is 12.2. The van der Waals surface area contributed by atoms with Crippen LogP contribution in [0.25, 0.3) is 0 Å². The lowest BCUT2D eigenvalue weighted by atomic mass is 9.94. The molecule has 1 fully saturated rings. The Balaban J connectivity index is 0.00000338. The molecule has 0 radical (unpaired) electrons. The summed E-state index contributed by atoms with van der Waals surface area (Å²) < 4.78 is 10.7. The molecule has 26 heavy (non-hydrogen) atoms. The largest absolute Gasteiger partial charge is 0.452 e. The first-order chi connectivity index (χ1) is 11.9. The summed E-state index contributed by atoms with van der Waals surface area (Å²) >= 11 is 0. The fourth-order valence-corrected chi connectivity index (χ4v) is 3.03. The first-order valence-corrected chi connectivity index (χ1v) is 9.13. The lowest BCUT2D eigenvalue weighted by Crippen LogP contribution is -2.42. The summed E-state index contributed by atoms with van der Waals surface area (Å²) in [4.78, 5) is 24.2. The van der Waals surface area contributed by atoms with E-state index in [1.165, 1.54) is 0 Å². The average Bonchev–Trinajstić information content (AvgIpc) is 2.60. The molecule has 1 aromatic rings. The van der Waals surface area contributed by atoms with E-state index in [1.807, 2.05) is 18.2 Å². The molecule has 1 unspecified atom stereocenters. The molecule has 0 aliphatic carbocycles. The maximum absolute atomic E-state index is 12.2. The molecule has 1 heterocycles. The van der Waals surface area contributed by atoms with Crippen molar-refractivity contribution in [2.45, 2.75) is 64.8 Å². The SMILES string of the molecule is CC(C)c1cccc(C(C)C)c1OC(=O)COC(=O)C1CCCCN1.Cl. The van der Waals surface area contributed by atoms with E-state index in [2.05, 4.69) is 33.0 Å². The van der Waals surface area contributed by atoms with Crippen LogP contribution in [0.15, 0.2) is 18.2 Å². The Morgan fingerprint density at radius 3 is 2.23 bits per heavy atom. The quantitative estimate of drug-likeness (QED) is 0.595. The van der Waals surface area contributed by atoms with Crippen molar-refractivity contribution in [2.75, 3.05) is 13.2 Å². The Morgan fingerprint density at radius 1 is 1.12 bits per heavy atom. The number of para-hydroxylation sites is 1. The molecule has 146 valence electrons.